The van der Waals surface area contributed by atoms with Gasteiger partial charge in [0.15, 0.2) is 0 Å². The van der Waals surface area contributed by atoms with E-state index in [4.69, 9.17) is 4.74 Å². The van der Waals surface area contributed by atoms with Crippen molar-refractivity contribution in [1.29, 1.82) is 0 Å². The second-order valence-electron chi connectivity index (χ2n) is 9.25. The fraction of sp³-hybridized carbons (Fsp3) is 0.519. The van der Waals surface area contributed by atoms with Crippen LogP contribution in [-0.2, 0) is 16.4 Å². The van der Waals surface area contributed by atoms with E-state index in [0.29, 0.717) is 43.3 Å². The van der Waals surface area contributed by atoms with Gasteiger partial charge in [-0.3, -0.25) is 4.72 Å². The van der Waals surface area contributed by atoms with Crippen LogP contribution in [0.3, 0.4) is 0 Å². The molecule has 0 radical (unpaired) electrons. The van der Waals surface area contributed by atoms with Crippen molar-refractivity contribution in [2.24, 2.45) is 0 Å². The molecule has 2 aromatic rings. The van der Waals surface area contributed by atoms with Gasteiger partial charge >= 0.3 is 5.97 Å². The lowest BCUT2D eigenvalue weighted by Gasteiger charge is -2.33. The molecule has 1 fully saturated rings. The monoisotopic (exact) mass is 517 g/mol. The van der Waals surface area contributed by atoms with E-state index in [-0.39, 0.29) is 21.9 Å². The Labute approximate surface area is 215 Å². The number of hydrogen-bond acceptors (Lipinski definition) is 6. The minimum absolute atomic E-state index is 0.0142. The van der Waals surface area contributed by atoms with Gasteiger partial charge in [-0.2, -0.15) is 0 Å². The molecule has 0 saturated carbocycles. The molecule has 1 aliphatic heterocycles. The van der Waals surface area contributed by atoms with Crippen LogP contribution in [0.5, 0.6) is 5.75 Å². The molecule has 0 aliphatic carbocycles. The van der Waals surface area contributed by atoms with Gasteiger partial charge in [0, 0.05) is 19.1 Å². The predicted molar refractivity (Wildman–Crippen MR) is 144 cm³/mol. The van der Waals surface area contributed by atoms with Gasteiger partial charge in [-0.1, -0.05) is 38.5 Å². The zero-order chi connectivity index (χ0) is 26.1. The molecule has 3 N–H and O–H groups in total. The Bertz CT molecular complexity index is 1140. The van der Waals surface area contributed by atoms with Crippen molar-refractivity contribution in [2.45, 2.75) is 70.2 Å². The van der Waals surface area contributed by atoms with Crippen LogP contribution in [0.2, 0.25) is 0 Å². The Morgan fingerprint density at radius 2 is 1.92 bits per heavy atom. The predicted octanol–water partition coefficient (Wildman–Crippen LogP) is 5.21. The number of benzene rings is 2. The van der Waals surface area contributed by atoms with Crippen LogP contribution < -0.4 is 14.8 Å². The summed E-state index contributed by atoms with van der Waals surface area (Å²) in [4.78, 5) is 14.7. The third kappa shape index (κ3) is 6.91. The van der Waals surface area contributed by atoms with Crippen LogP contribution in [0, 0.1) is 0 Å². The molecule has 0 aromatic heterocycles. The fourth-order valence-corrected chi connectivity index (χ4v) is 5.87. The molecule has 3 rings (SSSR count). The molecule has 0 bridgehead atoms. The average Bonchev–Trinajstić information content (AvgIpc) is 2.86. The number of likely N-dealkylation sites (tertiary alicyclic amines) is 1. The summed E-state index contributed by atoms with van der Waals surface area (Å²) in [5.41, 5.74) is 1.02. The largest absolute Gasteiger partial charge is 0.492 e. The Kier molecular flexibility index (Phi) is 10.0. The highest BCUT2D eigenvalue weighted by Crippen LogP contribution is 2.34. The van der Waals surface area contributed by atoms with Gasteiger partial charge in [0.1, 0.15) is 16.2 Å². The van der Waals surface area contributed by atoms with E-state index < -0.39 is 16.0 Å². The summed E-state index contributed by atoms with van der Waals surface area (Å²) in [5.74, 6) is -1.03. The Hall–Kier alpha value is -2.78. The van der Waals surface area contributed by atoms with E-state index in [1.165, 1.54) is 31.4 Å². The Morgan fingerprint density at radius 3 is 2.61 bits per heavy atom. The van der Waals surface area contributed by atoms with Gasteiger partial charge in [0.05, 0.1) is 18.0 Å². The maximum Gasteiger partial charge on any atom is 0.341 e. The summed E-state index contributed by atoms with van der Waals surface area (Å²) in [5, 5.41) is 13.2. The number of sulfonamides is 1. The summed E-state index contributed by atoms with van der Waals surface area (Å²) in [6.45, 7) is 9.14. The molecule has 36 heavy (non-hydrogen) atoms. The quantitative estimate of drug-likeness (QED) is 0.313. The number of piperidine rings is 1. The Balaban J connectivity index is 1.79. The first kappa shape index (κ1) is 27.8. The zero-order valence-corrected chi connectivity index (χ0v) is 22.4. The molecule has 0 spiro atoms. The van der Waals surface area contributed by atoms with Gasteiger partial charge < -0.3 is 20.1 Å². The maximum absolute atomic E-state index is 13.4. The first-order chi connectivity index (χ1) is 17.3. The van der Waals surface area contributed by atoms with Gasteiger partial charge in [-0.25, -0.2) is 13.2 Å². The van der Waals surface area contributed by atoms with Crippen LogP contribution >= 0.6 is 0 Å². The summed E-state index contributed by atoms with van der Waals surface area (Å²) in [6, 6.07) is 10.5. The van der Waals surface area contributed by atoms with Crippen LogP contribution in [-0.4, -0.2) is 56.7 Å². The highest BCUT2D eigenvalue weighted by Gasteiger charge is 2.25. The minimum Gasteiger partial charge on any atom is -0.492 e. The molecule has 8 nitrogen and oxygen atoms in total. The van der Waals surface area contributed by atoms with Crippen LogP contribution in [0.4, 0.5) is 11.4 Å². The number of nitrogens with one attached hydrogen (secondary N) is 2. The number of aryl methyl sites for hydroxylation is 1. The van der Waals surface area contributed by atoms with Crippen molar-refractivity contribution < 1.29 is 23.1 Å². The van der Waals surface area contributed by atoms with Crippen molar-refractivity contribution in [3.63, 3.8) is 0 Å². The molecular weight excluding hydrogens is 478 g/mol. The van der Waals surface area contributed by atoms with Crippen LogP contribution in [0.1, 0.15) is 68.8 Å². The van der Waals surface area contributed by atoms with E-state index in [2.05, 4.69) is 21.9 Å². The van der Waals surface area contributed by atoms with Crippen molar-refractivity contribution in [3.05, 3.63) is 47.5 Å². The van der Waals surface area contributed by atoms with Crippen molar-refractivity contribution in [3.8, 4) is 5.75 Å². The molecule has 2 aromatic carbocycles. The third-order valence-corrected chi connectivity index (χ3v) is 8.01. The molecule has 1 aliphatic rings. The molecule has 198 valence electrons. The number of anilines is 2. The average molecular weight is 518 g/mol. The molecule has 1 heterocycles. The smallest absolute Gasteiger partial charge is 0.341 e. The van der Waals surface area contributed by atoms with Crippen molar-refractivity contribution >= 4 is 27.4 Å². The molecular formula is C27H39N3O5S. The lowest BCUT2D eigenvalue weighted by molar-refractivity contribution is 0.0693. The second kappa shape index (κ2) is 13.0. The molecule has 1 saturated heterocycles. The van der Waals surface area contributed by atoms with Gasteiger partial charge in [-0.05, 0) is 69.3 Å². The van der Waals surface area contributed by atoms with Gasteiger partial charge in [-0.15, -0.1) is 0 Å². The van der Waals surface area contributed by atoms with Gasteiger partial charge in [0.2, 0.25) is 0 Å². The van der Waals surface area contributed by atoms with E-state index in [0.717, 1.165) is 19.5 Å². The van der Waals surface area contributed by atoms with E-state index in [1.54, 1.807) is 24.3 Å². The first-order valence-electron chi connectivity index (χ1n) is 12.9. The SMILES string of the molecule is CCCOc1c(CC)ccc(NS(=O)(=O)c2ccccc2NCCCN2CCCCC2C)c1C(=O)O. The number of aromatic carboxylic acids is 1. The highest BCUT2D eigenvalue weighted by molar-refractivity contribution is 7.92. The third-order valence-electron chi connectivity index (χ3n) is 6.58. The molecule has 1 atom stereocenters. The van der Waals surface area contributed by atoms with E-state index in [1.807, 2.05) is 13.8 Å². The van der Waals surface area contributed by atoms with Crippen molar-refractivity contribution in [1.82, 2.24) is 4.90 Å². The lowest BCUT2D eigenvalue weighted by Crippen LogP contribution is -2.38. The number of hydrogen-bond donors (Lipinski definition) is 3. The second-order valence-corrected chi connectivity index (χ2v) is 10.9. The molecule has 0 amide bonds. The molecule has 1 unspecified atom stereocenters. The van der Waals surface area contributed by atoms with Crippen LogP contribution in [0.25, 0.3) is 0 Å². The zero-order valence-electron chi connectivity index (χ0n) is 21.5. The van der Waals surface area contributed by atoms with Crippen molar-refractivity contribution in [2.75, 3.05) is 36.3 Å². The number of carboxylic acid groups (broad SMARTS) is 1. The number of para-hydroxylation sites is 1. The highest BCUT2D eigenvalue weighted by atomic mass is 32.2. The van der Waals surface area contributed by atoms with E-state index in [9.17, 15) is 18.3 Å². The number of ether oxygens (including phenoxy) is 1. The maximum atomic E-state index is 13.4. The first-order valence-corrected chi connectivity index (χ1v) is 14.4. The summed E-state index contributed by atoms with van der Waals surface area (Å²) in [6.07, 6.45) is 5.90. The van der Waals surface area contributed by atoms with Gasteiger partial charge in [0.25, 0.3) is 10.0 Å². The number of carbonyl (C=O) groups is 1. The number of nitrogens with zero attached hydrogens (tertiary/aromatic N) is 1. The lowest BCUT2D eigenvalue weighted by atomic mass is 10.0. The number of rotatable bonds is 13. The minimum atomic E-state index is -4.07. The topological polar surface area (TPSA) is 108 Å². The molecule has 9 heteroatoms. The summed E-state index contributed by atoms with van der Waals surface area (Å²) in [7, 11) is -4.07. The summed E-state index contributed by atoms with van der Waals surface area (Å²) >= 11 is 0. The van der Waals surface area contributed by atoms with Crippen LogP contribution in [0.15, 0.2) is 41.3 Å². The normalized spacial score (nSPS) is 16.5. The fourth-order valence-electron chi connectivity index (χ4n) is 4.61. The van der Waals surface area contributed by atoms with E-state index >= 15 is 0 Å². The number of carboxylic acids is 1. The standard InChI is InChI=1S/C27H39N3O5S/c1-4-19-35-26-21(5-2)14-15-23(25(26)27(31)32)29-36(33,34)24-13-7-6-12-22(24)28-16-10-18-30-17-9-8-11-20(30)3/h6-7,12-15,20,28-29H,4-5,8-11,16-19H2,1-3H3,(H,31,32). The summed E-state index contributed by atoms with van der Waals surface area (Å²) < 4.78 is 35.1. The Morgan fingerprint density at radius 1 is 1.14 bits per heavy atom.